The lowest BCUT2D eigenvalue weighted by molar-refractivity contribution is -0.137. The number of hydrogen-bond donors (Lipinski definition) is 2. The fourth-order valence-corrected chi connectivity index (χ4v) is 2.67. The van der Waals surface area contributed by atoms with E-state index in [0.717, 1.165) is 31.6 Å². The molecule has 3 rings (SSSR count). The van der Waals surface area contributed by atoms with Gasteiger partial charge in [-0.2, -0.15) is 13.2 Å². The fraction of sp³-hybridized carbons (Fsp3) is 0.412. The molecule has 1 aromatic heterocycles. The Morgan fingerprint density at radius 3 is 2.72 bits per heavy atom. The second-order valence-corrected chi connectivity index (χ2v) is 5.91. The molecule has 0 aliphatic carbocycles. The highest BCUT2D eigenvalue weighted by Gasteiger charge is 2.30. The SMILES string of the molecule is Cc1nc(NCC2CCCO2)cc(Nc2cccc(C(F)(F)F)c2)n1. The molecule has 2 aromatic rings. The third kappa shape index (κ3) is 4.82. The summed E-state index contributed by atoms with van der Waals surface area (Å²) in [5.41, 5.74) is -0.391. The van der Waals surface area contributed by atoms with E-state index in [1.165, 1.54) is 6.07 Å². The van der Waals surface area contributed by atoms with Gasteiger partial charge in [0, 0.05) is 24.9 Å². The lowest BCUT2D eigenvalue weighted by Crippen LogP contribution is -2.19. The molecular weight excluding hydrogens is 333 g/mol. The third-order valence-electron chi connectivity index (χ3n) is 3.84. The van der Waals surface area contributed by atoms with Crippen LogP contribution in [0, 0.1) is 6.92 Å². The molecule has 25 heavy (non-hydrogen) atoms. The van der Waals surface area contributed by atoms with E-state index in [9.17, 15) is 13.2 Å². The molecule has 2 N–H and O–H groups in total. The third-order valence-corrected chi connectivity index (χ3v) is 3.84. The van der Waals surface area contributed by atoms with Gasteiger partial charge in [0.05, 0.1) is 11.7 Å². The van der Waals surface area contributed by atoms with Crippen LogP contribution in [0.2, 0.25) is 0 Å². The number of hydrogen-bond acceptors (Lipinski definition) is 5. The van der Waals surface area contributed by atoms with Crippen molar-refractivity contribution in [1.82, 2.24) is 9.97 Å². The number of anilines is 3. The minimum absolute atomic E-state index is 0.162. The molecule has 1 saturated heterocycles. The van der Waals surface area contributed by atoms with Gasteiger partial charge in [-0.05, 0) is 38.0 Å². The highest BCUT2D eigenvalue weighted by atomic mass is 19.4. The van der Waals surface area contributed by atoms with Crippen molar-refractivity contribution in [3.05, 3.63) is 41.7 Å². The molecule has 0 radical (unpaired) electrons. The van der Waals surface area contributed by atoms with Crippen molar-refractivity contribution < 1.29 is 17.9 Å². The molecule has 2 heterocycles. The number of halogens is 3. The van der Waals surface area contributed by atoms with E-state index in [2.05, 4.69) is 20.6 Å². The van der Waals surface area contributed by atoms with E-state index in [0.29, 0.717) is 29.7 Å². The maximum absolute atomic E-state index is 12.8. The lowest BCUT2D eigenvalue weighted by atomic mass is 10.2. The standard InChI is InChI=1S/C17H19F3N4O/c1-11-22-15(21-10-14-6-3-7-25-14)9-16(23-11)24-13-5-2-4-12(8-13)17(18,19)20/h2,4-5,8-9,14H,3,6-7,10H2,1H3,(H2,21,22,23,24). The van der Waals surface area contributed by atoms with Gasteiger partial charge in [0.2, 0.25) is 0 Å². The Balaban J connectivity index is 1.71. The summed E-state index contributed by atoms with van der Waals surface area (Å²) >= 11 is 0. The van der Waals surface area contributed by atoms with E-state index < -0.39 is 11.7 Å². The predicted molar refractivity (Wildman–Crippen MR) is 89.0 cm³/mol. The van der Waals surface area contributed by atoms with Gasteiger partial charge >= 0.3 is 6.18 Å². The van der Waals surface area contributed by atoms with Crippen molar-refractivity contribution in [2.45, 2.75) is 32.0 Å². The molecule has 1 aromatic carbocycles. The Kier molecular flexibility index (Phi) is 5.08. The maximum Gasteiger partial charge on any atom is 0.416 e. The summed E-state index contributed by atoms with van der Waals surface area (Å²) in [6, 6.07) is 6.67. The fourth-order valence-electron chi connectivity index (χ4n) is 2.67. The molecule has 0 amide bonds. The Morgan fingerprint density at radius 2 is 2.00 bits per heavy atom. The Bertz CT molecular complexity index is 730. The van der Waals surface area contributed by atoms with E-state index in [1.54, 1.807) is 19.1 Å². The van der Waals surface area contributed by atoms with Crippen LogP contribution in [0.5, 0.6) is 0 Å². The molecule has 1 atom stereocenters. The van der Waals surface area contributed by atoms with Crippen LogP contribution in [-0.2, 0) is 10.9 Å². The first-order valence-electron chi connectivity index (χ1n) is 8.05. The minimum Gasteiger partial charge on any atom is -0.376 e. The van der Waals surface area contributed by atoms with Gasteiger partial charge in [-0.15, -0.1) is 0 Å². The molecular formula is C17H19F3N4O. The molecule has 134 valence electrons. The Morgan fingerprint density at radius 1 is 1.20 bits per heavy atom. The molecule has 1 unspecified atom stereocenters. The van der Waals surface area contributed by atoms with Gasteiger partial charge in [0.15, 0.2) is 0 Å². The number of nitrogens with one attached hydrogen (secondary N) is 2. The van der Waals surface area contributed by atoms with Gasteiger partial charge < -0.3 is 15.4 Å². The van der Waals surface area contributed by atoms with Crippen molar-refractivity contribution in [3.8, 4) is 0 Å². The summed E-state index contributed by atoms with van der Waals surface area (Å²) < 4.78 is 44.0. The normalized spacial score (nSPS) is 17.5. The molecule has 1 aliphatic rings. The van der Waals surface area contributed by atoms with Crippen molar-refractivity contribution in [2.24, 2.45) is 0 Å². The van der Waals surface area contributed by atoms with Crippen molar-refractivity contribution >= 4 is 17.3 Å². The molecule has 0 spiro atoms. The van der Waals surface area contributed by atoms with E-state index in [4.69, 9.17) is 4.74 Å². The van der Waals surface area contributed by atoms with Gasteiger partial charge in [-0.1, -0.05) is 6.07 Å². The average molecular weight is 352 g/mol. The van der Waals surface area contributed by atoms with Crippen LogP contribution in [0.1, 0.15) is 24.2 Å². The predicted octanol–water partition coefficient (Wildman–Crippen LogP) is 4.14. The highest BCUT2D eigenvalue weighted by molar-refractivity contribution is 5.60. The molecule has 0 bridgehead atoms. The summed E-state index contributed by atoms with van der Waals surface area (Å²) in [4.78, 5) is 8.52. The molecule has 1 fully saturated rings. The summed E-state index contributed by atoms with van der Waals surface area (Å²) in [5, 5.41) is 6.10. The van der Waals surface area contributed by atoms with E-state index in [1.807, 2.05) is 0 Å². The van der Waals surface area contributed by atoms with Crippen molar-refractivity contribution in [2.75, 3.05) is 23.8 Å². The maximum atomic E-state index is 12.8. The number of benzene rings is 1. The van der Waals surface area contributed by atoms with Crippen molar-refractivity contribution in [3.63, 3.8) is 0 Å². The quantitative estimate of drug-likeness (QED) is 0.847. The van der Waals surface area contributed by atoms with Crippen LogP contribution in [0.15, 0.2) is 30.3 Å². The zero-order valence-electron chi connectivity index (χ0n) is 13.7. The average Bonchev–Trinajstić information content (AvgIpc) is 3.05. The zero-order chi connectivity index (χ0) is 17.9. The Hall–Kier alpha value is -2.35. The molecule has 1 aliphatic heterocycles. The largest absolute Gasteiger partial charge is 0.416 e. The number of rotatable bonds is 5. The number of nitrogens with zero attached hydrogens (tertiary/aromatic N) is 2. The number of aryl methyl sites for hydroxylation is 1. The van der Waals surface area contributed by atoms with Crippen LogP contribution in [0.3, 0.4) is 0 Å². The van der Waals surface area contributed by atoms with E-state index >= 15 is 0 Å². The summed E-state index contributed by atoms with van der Waals surface area (Å²) in [7, 11) is 0. The van der Waals surface area contributed by atoms with Gasteiger partial charge in [-0.25, -0.2) is 9.97 Å². The van der Waals surface area contributed by atoms with Crippen molar-refractivity contribution in [1.29, 1.82) is 0 Å². The highest BCUT2D eigenvalue weighted by Crippen LogP contribution is 2.31. The summed E-state index contributed by atoms with van der Waals surface area (Å²) in [6.45, 7) is 3.14. The Labute approximate surface area is 143 Å². The lowest BCUT2D eigenvalue weighted by Gasteiger charge is -2.14. The van der Waals surface area contributed by atoms with E-state index in [-0.39, 0.29) is 6.10 Å². The topological polar surface area (TPSA) is 59.1 Å². The van der Waals surface area contributed by atoms with Crippen LogP contribution < -0.4 is 10.6 Å². The summed E-state index contributed by atoms with van der Waals surface area (Å²) in [6.07, 6.45) is -2.16. The van der Waals surface area contributed by atoms with Crippen LogP contribution in [0.25, 0.3) is 0 Å². The first kappa shape index (κ1) is 17.5. The molecule has 5 nitrogen and oxygen atoms in total. The molecule has 0 saturated carbocycles. The minimum atomic E-state index is -4.38. The first-order chi connectivity index (χ1) is 11.9. The second kappa shape index (κ2) is 7.26. The van der Waals surface area contributed by atoms with Crippen LogP contribution >= 0.6 is 0 Å². The monoisotopic (exact) mass is 352 g/mol. The molecule has 8 heteroatoms. The first-order valence-corrected chi connectivity index (χ1v) is 8.05. The number of alkyl halides is 3. The number of ether oxygens (including phenoxy) is 1. The van der Waals surface area contributed by atoms with Gasteiger partial charge in [-0.3, -0.25) is 0 Å². The van der Waals surface area contributed by atoms with Crippen LogP contribution in [-0.4, -0.2) is 29.2 Å². The number of aromatic nitrogens is 2. The second-order valence-electron chi connectivity index (χ2n) is 5.91. The van der Waals surface area contributed by atoms with Crippen LogP contribution in [0.4, 0.5) is 30.5 Å². The smallest absolute Gasteiger partial charge is 0.376 e. The zero-order valence-corrected chi connectivity index (χ0v) is 13.7. The summed E-state index contributed by atoms with van der Waals surface area (Å²) in [5.74, 6) is 1.56. The van der Waals surface area contributed by atoms with Gasteiger partial charge in [0.25, 0.3) is 0 Å². The van der Waals surface area contributed by atoms with Gasteiger partial charge in [0.1, 0.15) is 17.5 Å².